The molecule has 0 saturated heterocycles. The van der Waals surface area contributed by atoms with Gasteiger partial charge in [0, 0.05) is 15.1 Å². The molecule has 0 aliphatic heterocycles. The minimum Gasteiger partial charge on any atom is -0.207 e. The Bertz CT molecular complexity index is 611. The standard InChI is InChI=1S/C13H6Br3ClF2/c14-7-1-6(2-8(17)3-7)13(16)9-4-12(19)10(15)5-11(9)18/h1-5,13H. The van der Waals surface area contributed by atoms with Crippen molar-refractivity contribution in [1.82, 2.24) is 0 Å². The van der Waals surface area contributed by atoms with Gasteiger partial charge in [-0.05, 0) is 51.8 Å². The van der Waals surface area contributed by atoms with Crippen molar-refractivity contribution >= 4 is 59.4 Å². The van der Waals surface area contributed by atoms with E-state index in [0.29, 0.717) is 5.02 Å². The third kappa shape index (κ3) is 3.57. The molecule has 2 aromatic rings. The molecule has 6 heteroatoms. The number of hydrogen-bond donors (Lipinski definition) is 0. The third-order valence-electron chi connectivity index (χ3n) is 2.49. The second-order valence-corrected chi connectivity index (χ2v) is 6.98. The van der Waals surface area contributed by atoms with E-state index in [9.17, 15) is 8.78 Å². The van der Waals surface area contributed by atoms with Crippen molar-refractivity contribution in [1.29, 1.82) is 0 Å². The lowest BCUT2D eigenvalue weighted by Crippen LogP contribution is -1.98. The number of rotatable bonds is 2. The second-order valence-electron chi connectivity index (χ2n) is 3.85. The maximum Gasteiger partial charge on any atom is 0.137 e. The van der Waals surface area contributed by atoms with Crippen LogP contribution in [0.5, 0.6) is 0 Å². The van der Waals surface area contributed by atoms with E-state index in [1.807, 2.05) is 0 Å². The summed E-state index contributed by atoms with van der Waals surface area (Å²) < 4.78 is 28.3. The quantitative estimate of drug-likeness (QED) is 0.338. The summed E-state index contributed by atoms with van der Waals surface area (Å²) in [6, 6.07) is 7.49. The molecule has 100 valence electrons. The van der Waals surface area contributed by atoms with Crippen molar-refractivity contribution in [3.63, 3.8) is 0 Å². The number of hydrogen-bond acceptors (Lipinski definition) is 0. The van der Waals surface area contributed by atoms with E-state index in [1.165, 1.54) is 0 Å². The molecule has 0 radical (unpaired) electrons. The number of alkyl halides is 1. The molecule has 0 heterocycles. The van der Waals surface area contributed by atoms with Gasteiger partial charge in [0.1, 0.15) is 11.6 Å². The highest BCUT2D eigenvalue weighted by atomic mass is 79.9. The molecule has 0 fully saturated rings. The summed E-state index contributed by atoms with van der Waals surface area (Å²) in [6.45, 7) is 0. The van der Waals surface area contributed by atoms with Gasteiger partial charge in [-0.2, -0.15) is 0 Å². The molecule has 2 rings (SSSR count). The van der Waals surface area contributed by atoms with Crippen LogP contribution in [-0.2, 0) is 0 Å². The summed E-state index contributed by atoms with van der Waals surface area (Å²) in [6.07, 6.45) is 0. The molecule has 1 atom stereocenters. The molecule has 0 aliphatic rings. The first-order chi connectivity index (χ1) is 8.88. The van der Waals surface area contributed by atoms with Crippen LogP contribution in [0.25, 0.3) is 0 Å². The Balaban J connectivity index is 2.49. The van der Waals surface area contributed by atoms with Crippen LogP contribution in [0, 0.1) is 11.6 Å². The van der Waals surface area contributed by atoms with Crippen LogP contribution < -0.4 is 0 Å². The number of halogens is 6. The van der Waals surface area contributed by atoms with Gasteiger partial charge in [-0.15, -0.1) is 0 Å². The first-order valence-electron chi connectivity index (χ1n) is 5.13. The van der Waals surface area contributed by atoms with Crippen LogP contribution in [0.4, 0.5) is 8.78 Å². The predicted molar refractivity (Wildman–Crippen MR) is 84.0 cm³/mol. The van der Waals surface area contributed by atoms with E-state index in [4.69, 9.17) is 11.6 Å². The van der Waals surface area contributed by atoms with Crippen molar-refractivity contribution in [2.45, 2.75) is 4.83 Å². The lowest BCUT2D eigenvalue weighted by Gasteiger charge is -2.13. The smallest absolute Gasteiger partial charge is 0.137 e. The van der Waals surface area contributed by atoms with Crippen molar-refractivity contribution in [2.75, 3.05) is 0 Å². The summed E-state index contributed by atoms with van der Waals surface area (Å²) >= 11 is 15.6. The Morgan fingerprint density at radius 1 is 0.947 bits per heavy atom. The topological polar surface area (TPSA) is 0 Å². The predicted octanol–water partition coefficient (Wildman–Crippen LogP) is 6.63. The zero-order chi connectivity index (χ0) is 14.2. The van der Waals surface area contributed by atoms with Crippen LogP contribution in [0.15, 0.2) is 39.3 Å². The molecule has 0 aliphatic carbocycles. The molecule has 0 amide bonds. The van der Waals surface area contributed by atoms with E-state index in [2.05, 4.69) is 47.8 Å². The van der Waals surface area contributed by atoms with E-state index in [1.54, 1.807) is 18.2 Å². The van der Waals surface area contributed by atoms with Gasteiger partial charge in [-0.3, -0.25) is 0 Å². The molecule has 1 unspecified atom stereocenters. The lowest BCUT2D eigenvalue weighted by molar-refractivity contribution is 0.583. The van der Waals surface area contributed by atoms with Crippen molar-refractivity contribution in [3.05, 3.63) is 67.1 Å². The van der Waals surface area contributed by atoms with Crippen molar-refractivity contribution in [2.24, 2.45) is 0 Å². The largest absolute Gasteiger partial charge is 0.207 e. The van der Waals surface area contributed by atoms with Gasteiger partial charge in [0.2, 0.25) is 0 Å². The fraction of sp³-hybridized carbons (Fsp3) is 0.0769. The zero-order valence-electron chi connectivity index (χ0n) is 9.23. The number of benzene rings is 2. The summed E-state index contributed by atoms with van der Waals surface area (Å²) in [4.78, 5) is -0.481. The first-order valence-corrected chi connectivity index (χ1v) is 8.01. The molecule has 0 spiro atoms. The fourth-order valence-corrected chi connectivity index (χ4v) is 3.45. The van der Waals surface area contributed by atoms with E-state index >= 15 is 0 Å². The SMILES string of the molecule is Fc1cc(C(Br)c2cc(Cl)cc(Br)c2)c(F)cc1Br. The van der Waals surface area contributed by atoms with E-state index < -0.39 is 16.5 Å². The highest BCUT2D eigenvalue weighted by Gasteiger charge is 2.18. The molecular formula is C13H6Br3ClF2. The Morgan fingerprint density at radius 2 is 1.63 bits per heavy atom. The summed E-state index contributed by atoms with van der Waals surface area (Å²) in [5.41, 5.74) is 0.954. The second kappa shape index (κ2) is 6.20. The average Bonchev–Trinajstić information content (AvgIpc) is 2.31. The van der Waals surface area contributed by atoms with Gasteiger partial charge in [0.05, 0.1) is 9.30 Å². The van der Waals surface area contributed by atoms with Gasteiger partial charge in [0.25, 0.3) is 0 Å². The minimum atomic E-state index is -0.512. The Hall–Kier alpha value is 0.0300. The maximum atomic E-state index is 13.9. The first kappa shape index (κ1) is 15.4. The van der Waals surface area contributed by atoms with Crippen LogP contribution in [0.1, 0.15) is 16.0 Å². The lowest BCUT2D eigenvalue weighted by atomic mass is 10.0. The molecule has 0 bridgehead atoms. The molecular weight excluding hydrogens is 469 g/mol. The van der Waals surface area contributed by atoms with Crippen LogP contribution in [-0.4, -0.2) is 0 Å². The van der Waals surface area contributed by atoms with E-state index in [-0.39, 0.29) is 10.0 Å². The van der Waals surface area contributed by atoms with Crippen LogP contribution >= 0.6 is 59.4 Å². The molecule has 0 N–H and O–H groups in total. The average molecular weight is 475 g/mol. The highest BCUT2D eigenvalue weighted by molar-refractivity contribution is 9.10. The maximum absolute atomic E-state index is 13.9. The molecule has 0 aromatic heterocycles. The summed E-state index contributed by atoms with van der Waals surface area (Å²) in [5, 5.41) is 0.520. The van der Waals surface area contributed by atoms with E-state index in [0.717, 1.165) is 22.2 Å². The summed E-state index contributed by atoms with van der Waals surface area (Å²) in [7, 11) is 0. The zero-order valence-corrected chi connectivity index (χ0v) is 14.7. The molecule has 0 saturated carbocycles. The molecule has 0 nitrogen and oxygen atoms in total. The van der Waals surface area contributed by atoms with Gasteiger partial charge in [-0.1, -0.05) is 43.5 Å². The minimum absolute atomic E-state index is 0.0979. The molecule has 19 heavy (non-hydrogen) atoms. The van der Waals surface area contributed by atoms with Crippen molar-refractivity contribution in [3.8, 4) is 0 Å². The normalized spacial score (nSPS) is 12.5. The summed E-state index contributed by atoms with van der Waals surface area (Å²) in [5.74, 6) is -1.01. The Labute approximate surface area is 139 Å². The Morgan fingerprint density at radius 3 is 2.26 bits per heavy atom. The van der Waals surface area contributed by atoms with Gasteiger partial charge in [0.15, 0.2) is 0 Å². The Kier molecular flexibility index (Phi) is 5.04. The monoisotopic (exact) mass is 472 g/mol. The van der Waals surface area contributed by atoms with Crippen molar-refractivity contribution < 1.29 is 8.78 Å². The van der Waals surface area contributed by atoms with Crippen LogP contribution in [0.3, 0.4) is 0 Å². The fourth-order valence-electron chi connectivity index (χ4n) is 1.63. The molecule has 2 aromatic carbocycles. The van der Waals surface area contributed by atoms with Gasteiger partial charge >= 0.3 is 0 Å². The van der Waals surface area contributed by atoms with Gasteiger partial charge < -0.3 is 0 Å². The van der Waals surface area contributed by atoms with Crippen LogP contribution in [0.2, 0.25) is 5.02 Å². The third-order valence-corrected chi connectivity index (χ3v) is 4.80. The highest BCUT2D eigenvalue weighted by Crippen LogP contribution is 2.36. The van der Waals surface area contributed by atoms with Gasteiger partial charge in [-0.25, -0.2) is 8.78 Å².